The first kappa shape index (κ1) is 16.4. The van der Waals surface area contributed by atoms with E-state index in [1.165, 1.54) is 0 Å². The number of hydrogen-bond acceptors (Lipinski definition) is 3. The summed E-state index contributed by atoms with van der Waals surface area (Å²) in [5.41, 5.74) is 5.60. The van der Waals surface area contributed by atoms with Crippen LogP contribution in [0.25, 0.3) is 0 Å². The molecule has 4 heteroatoms. The highest BCUT2D eigenvalue weighted by molar-refractivity contribution is 5.76. The van der Waals surface area contributed by atoms with Gasteiger partial charge in [-0.15, -0.1) is 0 Å². The molecule has 1 saturated carbocycles. The highest BCUT2D eigenvalue weighted by Gasteiger charge is 2.24. The molecule has 4 nitrogen and oxygen atoms in total. The second-order valence-electron chi connectivity index (χ2n) is 5.80. The van der Waals surface area contributed by atoms with E-state index in [4.69, 9.17) is 5.73 Å². The predicted octanol–water partition coefficient (Wildman–Crippen LogP) is 1.95. The summed E-state index contributed by atoms with van der Waals surface area (Å²) in [5.74, 6) is 0.654. The van der Waals surface area contributed by atoms with Crippen molar-refractivity contribution in [1.29, 1.82) is 0 Å². The maximum Gasteiger partial charge on any atom is 0.220 e. The van der Waals surface area contributed by atoms with E-state index < -0.39 is 0 Å². The molecule has 1 rings (SSSR count). The molecule has 0 bridgehead atoms. The van der Waals surface area contributed by atoms with Crippen LogP contribution in [0.1, 0.15) is 64.7 Å². The molecule has 3 atom stereocenters. The Labute approximate surface area is 117 Å². The Hall–Kier alpha value is -0.610. The lowest BCUT2D eigenvalue weighted by atomic mass is 9.91. The Kier molecular flexibility index (Phi) is 8.07. The zero-order valence-corrected chi connectivity index (χ0v) is 12.2. The number of rotatable bonds is 8. The molecular weight excluding hydrogens is 240 g/mol. The summed E-state index contributed by atoms with van der Waals surface area (Å²) in [7, 11) is 0. The van der Waals surface area contributed by atoms with Crippen LogP contribution in [0.3, 0.4) is 0 Å². The van der Waals surface area contributed by atoms with E-state index in [1.54, 1.807) is 0 Å². The first-order valence-corrected chi connectivity index (χ1v) is 7.84. The average molecular weight is 270 g/mol. The molecule has 0 aromatic carbocycles. The molecule has 19 heavy (non-hydrogen) atoms. The largest absolute Gasteiger partial charge is 0.391 e. The second kappa shape index (κ2) is 9.32. The van der Waals surface area contributed by atoms with Crippen LogP contribution in [0.15, 0.2) is 0 Å². The first-order chi connectivity index (χ1) is 9.17. The monoisotopic (exact) mass is 270 g/mol. The zero-order valence-electron chi connectivity index (χ0n) is 12.2. The van der Waals surface area contributed by atoms with Gasteiger partial charge >= 0.3 is 0 Å². The normalized spacial score (nSPS) is 25.0. The fraction of sp³-hybridized carbons (Fsp3) is 0.933. The van der Waals surface area contributed by atoms with Crippen LogP contribution in [0.2, 0.25) is 0 Å². The van der Waals surface area contributed by atoms with Gasteiger partial charge in [-0.3, -0.25) is 4.79 Å². The van der Waals surface area contributed by atoms with Gasteiger partial charge in [-0.2, -0.15) is 0 Å². The summed E-state index contributed by atoms with van der Waals surface area (Å²) < 4.78 is 0. The van der Waals surface area contributed by atoms with Crippen LogP contribution in [-0.2, 0) is 4.79 Å². The Morgan fingerprint density at radius 3 is 2.68 bits per heavy atom. The molecule has 1 fully saturated rings. The van der Waals surface area contributed by atoms with Gasteiger partial charge in [0.05, 0.1) is 12.1 Å². The van der Waals surface area contributed by atoms with Gasteiger partial charge in [-0.05, 0) is 38.1 Å². The Bertz CT molecular complexity index is 253. The molecule has 4 N–H and O–H groups in total. The van der Waals surface area contributed by atoms with E-state index in [9.17, 15) is 9.90 Å². The molecule has 0 aromatic heterocycles. The van der Waals surface area contributed by atoms with Crippen molar-refractivity contribution in [2.45, 2.75) is 76.9 Å². The van der Waals surface area contributed by atoms with E-state index in [2.05, 4.69) is 12.2 Å². The molecule has 0 saturated heterocycles. The molecule has 112 valence electrons. The number of hydrogen-bond donors (Lipinski definition) is 3. The number of carbonyl (C=O) groups excluding carboxylic acids is 1. The van der Waals surface area contributed by atoms with Gasteiger partial charge in [0.25, 0.3) is 0 Å². The molecule has 0 aromatic rings. The molecule has 1 aliphatic rings. The molecule has 0 heterocycles. The average Bonchev–Trinajstić information content (AvgIpc) is 2.39. The van der Waals surface area contributed by atoms with E-state index in [0.29, 0.717) is 18.9 Å². The van der Waals surface area contributed by atoms with Crippen LogP contribution in [0, 0.1) is 5.92 Å². The Balaban J connectivity index is 2.25. The number of amides is 1. The molecular formula is C15H30N2O2. The van der Waals surface area contributed by atoms with Gasteiger partial charge in [0.15, 0.2) is 0 Å². The molecule has 0 spiro atoms. The summed E-state index contributed by atoms with van der Waals surface area (Å²) in [6.07, 6.45) is 8.33. The van der Waals surface area contributed by atoms with Crippen LogP contribution in [0.4, 0.5) is 0 Å². The SMILES string of the molecule is CCCC(CCN)CCC(=O)N[C@H]1CCCC[C@@H]1O. The van der Waals surface area contributed by atoms with E-state index >= 15 is 0 Å². The van der Waals surface area contributed by atoms with E-state index in [0.717, 1.165) is 51.4 Å². The standard InChI is InChI=1S/C15H30N2O2/c1-2-5-12(10-11-16)8-9-15(19)17-13-6-3-4-7-14(13)18/h12-14,18H,2-11,16H2,1H3,(H,17,19)/t12?,13-,14-/m0/s1. The number of nitrogens with two attached hydrogens (primary N) is 1. The number of carbonyl (C=O) groups is 1. The van der Waals surface area contributed by atoms with Crippen molar-refractivity contribution in [2.24, 2.45) is 11.7 Å². The summed E-state index contributed by atoms with van der Waals surface area (Å²) >= 11 is 0. The van der Waals surface area contributed by atoms with Crippen LogP contribution >= 0.6 is 0 Å². The smallest absolute Gasteiger partial charge is 0.220 e. The summed E-state index contributed by atoms with van der Waals surface area (Å²) in [6.45, 7) is 2.87. The quantitative estimate of drug-likeness (QED) is 0.631. The maximum absolute atomic E-state index is 11.9. The van der Waals surface area contributed by atoms with Crippen molar-refractivity contribution in [3.63, 3.8) is 0 Å². The third-order valence-corrected chi connectivity index (χ3v) is 4.13. The Morgan fingerprint density at radius 1 is 1.32 bits per heavy atom. The van der Waals surface area contributed by atoms with Crippen LogP contribution in [0.5, 0.6) is 0 Å². The van der Waals surface area contributed by atoms with Gasteiger partial charge in [0.2, 0.25) is 5.91 Å². The maximum atomic E-state index is 11.9. The van der Waals surface area contributed by atoms with Gasteiger partial charge in [-0.25, -0.2) is 0 Å². The second-order valence-corrected chi connectivity index (χ2v) is 5.80. The molecule has 1 unspecified atom stereocenters. The lowest BCUT2D eigenvalue weighted by Gasteiger charge is -2.28. The minimum absolute atomic E-state index is 0.0274. The lowest BCUT2D eigenvalue weighted by Crippen LogP contribution is -2.45. The number of aliphatic hydroxyl groups is 1. The number of aliphatic hydroxyl groups excluding tert-OH is 1. The van der Waals surface area contributed by atoms with Gasteiger partial charge in [-0.1, -0.05) is 32.6 Å². The fourth-order valence-corrected chi connectivity index (χ4v) is 2.97. The van der Waals surface area contributed by atoms with Crippen molar-refractivity contribution in [3.05, 3.63) is 0 Å². The highest BCUT2D eigenvalue weighted by Crippen LogP contribution is 2.20. The summed E-state index contributed by atoms with van der Waals surface area (Å²) in [6, 6.07) is -0.0274. The number of nitrogens with one attached hydrogen (secondary N) is 1. The van der Waals surface area contributed by atoms with Gasteiger partial charge < -0.3 is 16.2 Å². The topological polar surface area (TPSA) is 75.4 Å². The Morgan fingerprint density at radius 2 is 2.05 bits per heavy atom. The molecule has 0 aliphatic heterocycles. The van der Waals surface area contributed by atoms with Gasteiger partial charge in [0, 0.05) is 6.42 Å². The van der Waals surface area contributed by atoms with E-state index in [1.807, 2.05) is 0 Å². The third-order valence-electron chi connectivity index (χ3n) is 4.13. The highest BCUT2D eigenvalue weighted by atomic mass is 16.3. The van der Waals surface area contributed by atoms with Gasteiger partial charge in [0.1, 0.15) is 0 Å². The van der Waals surface area contributed by atoms with Crippen molar-refractivity contribution in [1.82, 2.24) is 5.32 Å². The molecule has 0 radical (unpaired) electrons. The van der Waals surface area contributed by atoms with Crippen molar-refractivity contribution in [2.75, 3.05) is 6.54 Å². The minimum Gasteiger partial charge on any atom is -0.391 e. The lowest BCUT2D eigenvalue weighted by molar-refractivity contribution is -0.123. The summed E-state index contributed by atoms with van der Waals surface area (Å²) in [5, 5.41) is 12.8. The molecule has 1 aliphatic carbocycles. The van der Waals surface area contributed by atoms with Crippen molar-refractivity contribution >= 4 is 5.91 Å². The summed E-state index contributed by atoms with van der Waals surface area (Å²) in [4.78, 5) is 11.9. The first-order valence-electron chi connectivity index (χ1n) is 7.84. The zero-order chi connectivity index (χ0) is 14.1. The minimum atomic E-state index is -0.354. The predicted molar refractivity (Wildman–Crippen MR) is 77.7 cm³/mol. The molecule has 1 amide bonds. The van der Waals surface area contributed by atoms with Crippen molar-refractivity contribution < 1.29 is 9.90 Å². The fourth-order valence-electron chi connectivity index (χ4n) is 2.97. The van der Waals surface area contributed by atoms with Crippen LogP contribution in [-0.4, -0.2) is 29.7 Å². The van der Waals surface area contributed by atoms with Crippen LogP contribution < -0.4 is 11.1 Å². The van der Waals surface area contributed by atoms with E-state index in [-0.39, 0.29) is 18.1 Å². The van der Waals surface area contributed by atoms with Crippen molar-refractivity contribution in [3.8, 4) is 0 Å². The third kappa shape index (κ3) is 6.39.